The molecule has 0 heterocycles. The van der Waals surface area contributed by atoms with Gasteiger partial charge in [-0.2, -0.15) is 4.21 Å². The normalized spacial score (nSPS) is 5.83. The summed E-state index contributed by atoms with van der Waals surface area (Å²) >= 11 is -2.61. The van der Waals surface area contributed by atoms with Crippen molar-refractivity contribution in [2.24, 2.45) is 0 Å². The predicted octanol–water partition coefficient (Wildman–Crippen LogP) is -0.159. The third-order valence-corrected chi connectivity index (χ3v) is 0. The van der Waals surface area contributed by atoms with Gasteiger partial charge in [0.25, 0.3) is 11.4 Å². The molecular weight excluding hydrogens is 158 g/mol. The summed E-state index contributed by atoms with van der Waals surface area (Å²) in [4.78, 5) is 0. The van der Waals surface area contributed by atoms with Gasteiger partial charge in [0.2, 0.25) is 0 Å². The average Bonchev–Trinajstić information content (AvgIpc) is 0.811. The largest absolute Gasteiger partial charge is 0.344 e. The Kier molecular flexibility index (Phi) is 24.3. The first kappa shape index (κ1) is 16.0. The molecule has 0 aromatic rings. The van der Waals surface area contributed by atoms with E-state index in [1.165, 1.54) is 0 Å². The van der Waals surface area contributed by atoms with Crippen LogP contribution in [0.5, 0.6) is 0 Å². The Labute approximate surface area is 48.5 Å². The van der Waals surface area contributed by atoms with Crippen LogP contribution in [0.25, 0.3) is 0 Å². The molecule has 4 nitrogen and oxygen atoms in total. The molecule has 0 aromatic heterocycles. The molecule has 0 bridgehead atoms. The Balaban J connectivity index is -0.0000000450. The second-order valence-corrected chi connectivity index (χ2v) is 0.692. The van der Waals surface area contributed by atoms with Crippen LogP contribution >= 0.6 is 0 Å². The monoisotopic (exact) mass is 162 g/mol. The number of hydrogen-bond donors (Lipinski definition) is 3. The maximum Gasteiger partial charge on any atom is 0.299 e. The molecule has 0 amide bonds. The smallest absolute Gasteiger partial charge is 0.299 e. The van der Waals surface area contributed by atoms with Crippen molar-refractivity contribution in [1.82, 2.24) is 6.15 Å². The minimum atomic E-state index is -2.61. The zero-order valence-electron chi connectivity index (χ0n) is 2.72. The zero-order valence-corrected chi connectivity index (χ0v) is 4.48. The second kappa shape index (κ2) is 9.12. The molecule has 1 radical (unpaired) electrons. The summed E-state index contributed by atoms with van der Waals surface area (Å²) in [5.41, 5.74) is 0. The van der Waals surface area contributed by atoms with Crippen LogP contribution in [0, 0.1) is 0 Å². The summed E-state index contributed by atoms with van der Waals surface area (Å²) in [5.74, 6) is 0. The standard InChI is InChI=1S/Cu.H3N.H2O3S/c;;1-4(2)3/h;1H3;(H2,1,2,3). The molecule has 6 heteroatoms. The molecular formula is H5CuNO3S. The van der Waals surface area contributed by atoms with Crippen LogP contribution in [0.15, 0.2) is 0 Å². The number of rotatable bonds is 0. The summed E-state index contributed by atoms with van der Waals surface area (Å²) in [6.45, 7) is 0. The van der Waals surface area contributed by atoms with Gasteiger partial charge in [0.15, 0.2) is 0 Å². The van der Waals surface area contributed by atoms with E-state index in [0.717, 1.165) is 0 Å². The fourth-order valence-corrected chi connectivity index (χ4v) is 0. The van der Waals surface area contributed by atoms with Crippen molar-refractivity contribution in [3.8, 4) is 0 Å². The molecule has 0 saturated carbocycles. The van der Waals surface area contributed by atoms with Crippen molar-refractivity contribution in [1.29, 1.82) is 0 Å². The van der Waals surface area contributed by atoms with E-state index >= 15 is 0 Å². The average molecular weight is 163 g/mol. The van der Waals surface area contributed by atoms with Gasteiger partial charge < -0.3 is 6.15 Å². The van der Waals surface area contributed by atoms with Crippen LogP contribution in [0.2, 0.25) is 0 Å². The van der Waals surface area contributed by atoms with Crippen LogP contribution in [-0.4, -0.2) is 13.3 Å². The van der Waals surface area contributed by atoms with Crippen molar-refractivity contribution in [3.05, 3.63) is 0 Å². The Bertz CT molecular complexity index is 33.8. The second-order valence-electron chi connectivity index (χ2n) is 0.231. The molecule has 0 fully saturated rings. The van der Waals surface area contributed by atoms with Gasteiger partial charge in [0.05, 0.1) is 0 Å². The van der Waals surface area contributed by atoms with Crippen molar-refractivity contribution >= 4 is 11.4 Å². The molecule has 0 unspecified atom stereocenters. The van der Waals surface area contributed by atoms with E-state index in [9.17, 15) is 0 Å². The zero-order chi connectivity index (χ0) is 3.58. The van der Waals surface area contributed by atoms with Gasteiger partial charge >= 0.3 is 0 Å². The molecule has 0 aliphatic heterocycles. The van der Waals surface area contributed by atoms with E-state index in [1.807, 2.05) is 0 Å². The predicted molar refractivity (Wildman–Crippen MR) is 18.4 cm³/mol. The molecule has 0 aliphatic rings. The van der Waals surface area contributed by atoms with Gasteiger partial charge in [-0.1, -0.05) is 0 Å². The number of hydrogen-bond acceptors (Lipinski definition) is 2. The quantitative estimate of drug-likeness (QED) is 0.341. The SMILES string of the molecule is N.O=S(O)O.[Cu]. The topological polar surface area (TPSA) is 92.5 Å². The molecule has 0 saturated heterocycles. The van der Waals surface area contributed by atoms with Crippen molar-refractivity contribution in [2.45, 2.75) is 0 Å². The molecule has 5 N–H and O–H groups in total. The summed E-state index contributed by atoms with van der Waals surface area (Å²) in [7, 11) is 0. The van der Waals surface area contributed by atoms with E-state index in [0.29, 0.717) is 0 Å². The van der Waals surface area contributed by atoms with E-state index in [1.54, 1.807) is 0 Å². The van der Waals surface area contributed by atoms with Gasteiger partial charge in [0.1, 0.15) is 0 Å². The Morgan fingerprint density at radius 2 is 1.33 bits per heavy atom. The first-order valence-corrected chi connectivity index (χ1v) is 1.60. The van der Waals surface area contributed by atoms with E-state index < -0.39 is 11.4 Å². The third-order valence-electron chi connectivity index (χ3n) is 0. The summed E-state index contributed by atoms with van der Waals surface area (Å²) in [5, 5.41) is 0. The minimum Gasteiger partial charge on any atom is -0.344 e. The Morgan fingerprint density at radius 1 is 1.33 bits per heavy atom. The first-order chi connectivity index (χ1) is 1.73. The van der Waals surface area contributed by atoms with Gasteiger partial charge in [-0.25, -0.2) is 0 Å². The van der Waals surface area contributed by atoms with Crippen LogP contribution in [-0.2, 0) is 28.4 Å². The fourth-order valence-electron chi connectivity index (χ4n) is 0. The van der Waals surface area contributed by atoms with Crippen LogP contribution in [0.1, 0.15) is 0 Å². The van der Waals surface area contributed by atoms with Crippen LogP contribution < -0.4 is 6.15 Å². The van der Waals surface area contributed by atoms with Crippen LogP contribution in [0.4, 0.5) is 0 Å². The van der Waals surface area contributed by atoms with Gasteiger partial charge in [-0.05, 0) is 0 Å². The Hall–Kier alpha value is 0.549. The summed E-state index contributed by atoms with van der Waals surface area (Å²) in [6, 6.07) is 0. The van der Waals surface area contributed by atoms with Crippen LogP contribution in [0.3, 0.4) is 0 Å². The first-order valence-electron chi connectivity index (χ1n) is 0.532. The Morgan fingerprint density at radius 3 is 1.33 bits per heavy atom. The van der Waals surface area contributed by atoms with Crippen molar-refractivity contribution in [3.63, 3.8) is 0 Å². The van der Waals surface area contributed by atoms with Crippen molar-refractivity contribution in [2.75, 3.05) is 0 Å². The minimum absolute atomic E-state index is 0. The van der Waals surface area contributed by atoms with E-state index in [4.69, 9.17) is 13.3 Å². The molecule has 6 heavy (non-hydrogen) atoms. The van der Waals surface area contributed by atoms with Gasteiger partial charge in [-0.3, -0.25) is 9.11 Å². The molecule has 0 rings (SSSR count). The molecule has 0 spiro atoms. The fraction of sp³-hybridized carbons (Fsp3) is 0. The maximum atomic E-state index is 8.67. The summed E-state index contributed by atoms with van der Waals surface area (Å²) < 4.78 is 22.8. The third kappa shape index (κ3) is 190. The van der Waals surface area contributed by atoms with E-state index in [2.05, 4.69) is 0 Å². The maximum absolute atomic E-state index is 8.67. The molecule has 0 aliphatic carbocycles. The molecule has 45 valence electrons. The summed E-state index contributed by atoms with van der Waals surface area (Å²) in [6.07, 6.45) is 0. The molecule has 0 atom stereocenters. The van der Waals surface area contributed by atoms with Crippen molar-refractivity contribution < 1.29 is 30.4 Å². The van der Waals surface area contributed by atoms with E-state index in [-0.39, 0.29) is 23.2 Å². The molecule has 0 aromatic carbocycles. The van der Waals surface area contributed by atoms with Gasteiger partial charge in [-0.15, -0.1) is 0 Å². The van der Waals surface area contributed by atoms with Gasteiger partial charge in [0, 0.05) is 17.1 Å².